The number of imidazole rings is 1. The smallest absolute Gasteiger partial charge is 0.171 e. The topological polar surface area (TPSA) is 75.2 Å². The fourth-order valence-electron chi connectivity index (χ4n) is 2.50. The van der Waals surface area contributed by atoms with Gasteiger partial charge in [-0.2, -0.15) is 0 Å². The van der Waals surface area contributed by atoms with Crippen molar-refractivity contribution in [3.8, 4) is 22.9 Å². The van der Waals surface area contributed by atoms with E-state index in [0.29, 0.717) is 18.0 Å². The lowest BCUT2D eigenvalue weighted by Crippen LogP contribution is -2.04. The van der Waals surface area contributed by atoms with Gasteiger partial charge in [-0.3, -0.25) is 0 Å². The van der Waals surface area contributed by atoms with Crippen LogP contribution in [0.15, 0.2) is 29.2 Å². The average Bonchev–Trinajstić information content (AvgIpc) is 3.16. The van der Waals surface area contributed by atoms with Crippen LogP contribution in [0.4, 0.5) is 0 Å². The Morgan fingerprint density at radius 1 is 1.13 bits per heavy atom. The average molecular weight is 314 g/mol. The van der Waals surface area contributed by atoms with Gasteiger partial charge < -0.3 is 14.0 Å². The molecule has 0 spiro atoms. The van der Waals surface area contributed by atoms with E-state index in [4.69, 9.17) is 14.1 Å². The number of ether oxygens (including phenoxy) is 2. The van der Waals surface area contributed by atoms with Crippen LogP contribution in [0.25, 0.3) is 11.4 Å². The van der Waals surface area contributed by atoms with Crippen LogP contribution in [0, 0.1) is 13.8 Å². The van der Waals surface area contributed by atoms with Gasteiger partial charge in [0.05, 0.1) is 26.3 Å². The Morgan fingerprint density at radius 2 is 1.96 bits per heavy atom. The molecule has 23 heavy (non-hydrogen) atoms. The minimum Gasteiger partial charge on any atom is -0.493 e. The number of hydrogen-bond donors (Lipinski definition) is 0. The number of methoxy groups -OCH3 is 2. The maximum absolute atomic E-state index is 5.54. The highest BCUT2D eigenvalue weighted by atomic mass is 16.6. The summed E-state index contributed by atoms with van der Waals surface area (Å²) in [5, 5.41) is 7.74. The summed E-state index contributed by atoms with van der Waals surface area (Å²) < 4.78 is 17.7. The van der Waals surface area contributed by atoms with Gasteiger partial charge in [-0.1, -0.05) is 10.3 Å². The van der Waals surface area contributed by atoms with Crippen molar-refractivity contribution in [2.45, 2.75) is 20.4 Å². The lowest BCUT2D eigenvalue weighted by molar-refractivity contribution is 0.300. The number of hydrogen-bond acceptors (Lipinski definition) is 6. The van der Waals surface area contributed by atoms with Gasteiger partial charge >= 0.3 is 0 Å². The summed E-state index contributed by atoms with van der Waals surface area (Å²) >= 11 is 0. The van der Waals surface area contributed by atoms with Crippen LogP contribution in [0.2, 0.25) is 0 Å². The first-order valence-corrected chi connectivity index (χ1v) is 7.16. The molecule has 0 amide bonds. The van der Waals surface area contributed by atoms with Crippen molar-refractivity contribution in [2.24, 2.45) is 0 Å². The van der Waals surface area contributed by atoms with Crippen molar-refractivity contribution in [1.82, 2.24) is 19.9 Å². The predicted octanol–water partition coefficient (Wildman–Crippen LogP) is 2.62. The lowest BCUT2D eigenvalue weighted by Gasteiger charge is -2.14. The number of benzene rings is 1. The molecule has 7 heteroatoms. The second kappa shape index (κ2) is 6.12. The number of aryl methyl sites for hydroxylation is 2. The van der Waals surface area contributed by atoms with Crippen LogP contribution in [-0.4, -0.2) is 34.1 Å². The van der Waals surface area contributed by atoms with Crippen LogP contribution in [0.5, 0.6) is 11.5 Å². The van der Waals surface area contributed by atoms with Gasteiger partial charge in [0, 0.05) is 12.4 Å². The molecule has 0 saturated carbocycles. The van der Waals surface area contributed by atoms with Crippen molar-refractivity contribution in [1.29, 1.82) is 0 Å². The summed E-state index contributed by atoms with van der Waals surface area (Å²) in [6, 6.07) is 3.95. The fraction of sp³-hybridized carbons (Fsp3) is 0.312. The molecule has 0 aliphatic carbocycles. The van der Waals surface area contributed by atoms with Crippen LogP contribution in [0.1, 0.15) is 17.0 Å². The highest BCUT2D eigenvalue weighted by Gasteiger charge is 2.18. The molecule has 2 heterocycles. The summed E-state index contributed by atoms with van der Waals surface area (Å²) in [6.07, 6.45) is 3.63. The molecule has 0 fully saturated rings. The van der Waals surface area contributed by atoms with E-state index >= 15 is 0 Å². The molecule has 0 N–H and O–H groups in total. The fourth-order valence-corrected chi connectivity index (χ4v) is 2.50. The predicted molar refractivity (Wildman–Crippen MR) is 83.6 cm³/mol. The van der Waals surface area contributed by atoms with Crippen LogP contribution in [-0.2, 0) is 6.54 Å². The molecule has 0 aliphatic rings. The molecule has 120 valence electrons. The van der Waals surface area contributed by atoms with Crippen molar-refractivity contribution in [3.63, 3.8) is 0 Å². The van der Waals surface area contributed by atoms with E-state index in [1.807, 2.05) is 36.7 Å². The standard InChI is InChI=1S/C16H18N4O3/c1-10-7-12(15(22-4)14(8-10)21-3)16-17-5-6-20(16)9-13-11(2)18-23-19-13/h5-8H,9H2,1-4H3. The van der Waals surface area contributed by atoms with E-state index in [9.17, 15) is 0 Å². The van der Waals surface area contributed by atoms with Gasteiger partial charge in [-0.15, -0.1) is 0 Å². The van der Waals surface area contributed by atoms with Gasteiger partial charge in [-0.25, -0.2) is 9.61 Å². The zero-order valence-corrected chi connectivity index (χ0v) is 13.5. The van der Waals surface area contributed by atoms with Crippen LogP contribution in [0.3, 0.4) is 0 Å². The Labute approximate surface area is 133 Å². The second-order valence-corrected chi connectivity index (χ2v) is 5.22. The molecule has 7 nitrogen and oxygen atoms in total. The van der Waals surface area contributed by atoms with Gasteiger partial charge in [0.1, 0.15) is 17.2 Å². The molecule has 0 radical (unpaired) electrons. The van der Waals surface area contributed by atoms with E-state index < -0.39 is 0 Å². The molecule has 0 aliphatic heterocycles. The monoisotopic (exact) mass is 314 g/mol. The van der Waals surface area contributed by atoms with E-state index in [2.05, 4.69) is 15.3 Å². The van der Waals surface area contributed by atoms with E-state index in [1.54, 1.807) is 20.4 Å². The first-order chi connectivity index (χ1) is 11.1. The van der Waals surface area contributed by atoms with Gasteiger partial charge in [0.25, 0.3) is 0 Å². The Kier molecular flexibility index (Phi) is 4.01. The summed E-state index contributed by atoms with van der Waals surface area (Å²) in [4.78, 5) is 4.47. The zero-order chi connectivity index (χ0) is 16.4. The molecule has 0 saturated heterocycles. The SMILES string of the molecule is COc1cc(C)cc(-c2nccn2Cc2nonc2C)c1OC. The number of nitrogens with zero attached hydrogens (tertiary/aromatic N) is 4. The molecular formula is C16H18N4O3. The van der Waals surface area contributed by atoms with Crippen molar-refractivity contribution < 1.29 is 14.1 Å². The Hall–Kier alpha value is -2.83. The number of aromatic nitrogens is 4. The lowest BCUT2D eigenvalue weighted by atomic mass is 10.1. The number of rotatable bonds is 5. The van der Waals surface area contributed by atoms with Gasteiger partial charge in [0.15, 0.2) is 11.5 Å². The quantitative estimate of drug-likeness (QED) is 0.720. The molecule has 3 aromatic rings. The summed E-state index contributed by atoms with van der Waals surface area (Å²) in [6.45, 7) is 4.38. The Bertz CT molecular complexity index is 823. The molecule has 1 aromatic carbocycles. The maximum Gasteiger partial charge on any atom is 0.171 e. The summed E-state index contributed by atoms with van der Waals surface area (Å²) in [5.41, 5.74) is 3.45. The highest BCUT2D eigenvalue weighted by molar-refractivity contribution is 5.70. The first-order valence-electron chi connectivity index (χ1n) is 7.16. The van der Waals surface area contributed by atoms with Crippen LogP contribution >= 0.6 is 0 Å². The van der Waals surface area contributed by atoms with Crippen molar-refractivity contribution in [2.75, 3.05) is 14.2 Å². The van der Waals surface area contributed by atoms with Crippen molar-refractivity contribution in [3.05, 3.63) is 41.5 Å². The van der Waals surface area contributed by atoms with E-state index in [0.717, 1.165) is 28.3 Å². The van der Waals surface area contributed by atoms with Crippen LogP contribution < -0.4 is 9.47 Å². The minimum absolute atomic E-state index is 0.518. The summed E-state index contributed by atoms with van der Waals surface area (Å²) in [5.74, 6) is 2.10. The third-order valence-electron chi connectivity index (χ3n) is 3.65. The van der Waals surface area contributed by atoms with Gasteiger partial charge in [0.2, 0.25) is 0 Å². The third kappa shape index (κ3) is 2.77. The molecule has 0 bridgehead atoms. The van der Waals surface area contributed by atoms with Gasteiger partial charge in [-0.05, 0) is 31.5 Å². The maximum atomic E-state index is 5.54. The Balaban J connectivity index is 2.08. The zero-order valence-electron chi connectivity index (χ0n) is 13.5. The third-order valence-corrected chi connectivity index (χ3v) is 3.65. The van der Waals surface area contributed by atoms with E-state index in [1.165, 1.54) is 0 Å². The minimum atomic E-state index is 0.518. The summed E-state index contributed by atoms with van der Waals surface area (Å²) in [7, 11) is 3.24. The second-order valence-electron chi connectivity index (χ2n) is 5.22. The largest absolute Gasteiger partial charge is 0.493 e. The van der Waals surface area contributed by atoms with E-state index in [-0.39, 0.29) is 0 Å². The highest BCUT2D eigenvalue weighted by Crippen LogP contribution is 2.38. The van der Waals surface area contributed by atoms with Crippen molar-refractivity contribution >= 4 is 0 Å². The molecule has 2 aromatic heterocycles. The first kappa shape index (κ1) is 15.1. The molecule has 3 rings (SSSR count). The normalized spacial score (nSPS) is 10.8. The Morgan fingerprint density at radius 3 is 2.61 bits per heavy atom. The molecule has 0 unspecified atom stereocenters. The molecule has 0 atom stereocenters. The molecular weight excluding hydrogens is 296 g/mol.